The summed E-state index contributed by atoms with van der Waals surface area (Å²) in [6.45, 7) is 7.05. The van der Waals surface area contributed by atoms with Gasteiger partial charge in [-0.15, -0.1) is 0 Å². The molecule has 0 fully saturated rings. The van der Waals surface area contributed by atoms with Crippen molar-refractivity contribution in [3.05, 3.63) is 35.9 Å². The zero-order valence-electron chi connectivity index (χ0n) is 12.6. The summed E-state index contributed by atoms with van der Waals surface area (Å²) in [5, 5.41) is 15.0. The predicted octanol–water partition coefficient (Wildman–Crippen LogP) is 3.05. The molecule has 1 unspecified atom stereocenters. The van der Waals surface area contributed by atoms with Crippen LogP contribution in [0.1, 0.15) is 37.7 Å². The lowest BCUT2D eigenvalue weighted by molar-refractivity contribution is 0.490. The van der Waals surface area contributed by atoms with Gasteiger partial charge in [-0.1, -0.05) is 6.92 Å². The second kappa shape index (κ2) is 5.55. The van der Waals surface area contributed by atoms with Gasteiger partial charge in [0.15, 0.2) is 0 Å². The van der Waals surface area contributed by atoms with E-state index in [1.165, 1.54) is 0 Å². The molecule has 0 aromatic carbocycles. The molecule has 3 aromatic rings. The maximum Gasteiger partial charge on any atom is 0.113 e. The standard InChI is InChI=1S/C15H20N6/c1-4-10(2)21-15-13(17-9-12-5-8-18-19-12)6-7-16-14(15)11(3)20-21/h5-8,10H,4,9H2,1-3H3,(H,16,17)(H,18,19). The van der Waals surface area contributed by atoms with Gasteiger partial charge in [-0.05, 0) is 32.4 Å². The topological polar surface area (TPSA) is 71.4 Å². The van der Waals surface area contributed by atoms with E-state index in [1.54, 1.807) is 6.20 Å². The van der Waals surface area contributed by atoms with E-state index < -0.39 is 0 Å². The molecule has 3 aromatic heterocycles. The largest absolute Gasteiger partial charge is 0.378 e. The fraction of sp³-hybridized carbons (Fsp3) is 0.400. The summed E-state index contributed by atoms with van der Waals surface area (Å²) in [6.07, 6.45) is 4.62. The molecule has 0 radical (unpaired) electrons. The molecule has 0 aliphatic carbocycles. The first kappa shape index (κ1) is 13.6. The maximum absolute atomic E-state index is 4.66. The van der Waals surface area contributed by atoms with Crippen LogP contribution in [0.2, 0.25) is 0 Å². The zero-order chi connectivity index (χ0) is 14.8. The number of nitrogens with zero attached hydrogens (tertiary/aromatic N) is 4. The first-order valence-electron chi connectivity index (χ1n) is 7.26. The Balaban J connectivity index is 2.01. The number of H-pyrrole nitrogens is 1. The third-order valence-electron chi connectivity index (χ3n) is 3.79. The van der Waals surface area contributed by atoms with Crippen LogP contribution < -0.4 is 5.32 Å². The van der Waals surface area contributed by atoms with Crippen LogP contribution in [0.4, 0.5) is 5.69 Å². The normalized spacial score (nSPS) is 12.7. The van der Waals surface area contributed by atoms with Crippen molar-refractivity contribution in [1.29, 1.82) is 0 Å². The summed E-state index contributed by atoms with van der Waals surface area (Å²) in [5.41, 5.74) is 5.10. The molecule has 0 aliphatic heterocycles. The lowest BCUT2D eigenvalue weighted by Gasteiger charge is -2.14. The van der Waals surface area contributed by atoms with E-state index in [2.05, 4.69) is 44.1 Å². The van der Waals surface area contributed by atoms with Crippen LogP contribution in [-0.2, 0) is 6.54 Å². The Bertz CT molecular complexity index is 728. The van der Waals surface area contributed by atoms with Crippen molar-refractivity contribution in [3.63, 3.8) is 0 Å². The van der Waals surface area contributed by atoms with E-state index >= 15 is 0 Å². The molecule has 6 heteroatoms. The van der Waals surface area contributed by atoms with E-state index in [4.69, 9.17) is 0 Å². The van der Waals surface area contributed by atoms with Gasteiger partial charge in [0, 0.05) is 18.4 Å². The molecule has 0 bridgehead atoms. The summed E-state index contributed by atoms with van der Waals surface area (Å²) < 4.78 is 2.08. The molecule has 0 amide bonds. The Kier molecular flexibility index (Phi) is 3.60. The molecule has 110 valence electrons. The number of aryl methyl sites for hydroxylation is 1. The number of hydrogen-bond acceptors (Lipinski definition) is 4. The van der Waals surface area contributed by atoms with Crippen molar-refractivity contribution in [3.8, 4) is 0 Å². The van der Waals surface area contributed by atoms with Crippen molar-refractivity contribution in [2.75, 3.05) is 5.32 Å². The van der Waals surface area contributed by atoms with Crippen LogP contribution in [0.5, 0.6) is 0 Å². The van der Waals surface area contributed by atoms with E-state index in [-0.39, 0.29) is 0 Å². The minimum atomic E-state index is 0.345. The van der Waals surface area contributed by atoms with Gasteiger partial charge in [-0.3, -0.25) is 14.8 Å². The van der Waals surface area contributed by atoms with Gasteiger partial charge in [0.05, 0.1) is 23.6 Å². The van der Waals surface area contributed by atoms with E-state index in [1.807, 2.05) is 25.3 Å². The van der Waals surface area contributed by atoms with Gasteiger partial charge in [0.1, 0.15) is 11.0 Å². The Morgan fingerprint density at radius 3 is 2.90 bits per heavy atom. The smallest absolute Gasteiger partial charge is 0.113 e. The zero-order valence-corrected chi connectivity index (χ0v) is 12.6. The molecule has 0 spiro atoms. The molecular formula is C15H20N6. The molecular weight excluding hydrogens is 264 g/mol. The number of hydrogen-bond donors (Lipinski definition) is 2. The highest BCUT2D eigenvalue weighted by molar-refractivity contribution is 5.89. The molecule has 0 aliphatic rings. The van der Waals surface area contributed by atoms with Crippen molar-refractivity contribution >= 4 is 16.7 Å². The van der Waals surface area contributed by atoms with Crippen LogP contribution in [0.25, 0.3) is 11.0 Å². The van der Waals surface area contributed by atoms with Crippen LogP contribution >= 0.6 is 0 Å². The highest BCUT2D eigenvalue weighted by Crippen LogP contribution is 2.27. The molecule has 3 heterocycles. The minimum absolute atomic E-state index is 0.345. The lowest BCUT2D eigenvalue weighted by atomic mass is 10.2. The Morgan fingerprint density at radius 2 is 2.19 bits per heavy atom. The number of rotatable bonds is 5. The molecule has 1 atom stereocenters. The van der Waals surface area contributed by atoms with Crippen molar-refractivity contribution in [2.24, 2.45) is 0 Å². The molecule has 21 heavy (non-hydrogen) atoms. The summed E-state index contributed by atoms with van der Waals surface area (Å²) in [7, 11) is 0. The van der Waals surface area contributed by atoms with Crippen molar-refractivity contribution < 1.29 is 0 Å². The molecule has 0 saturated heterocycles. The van der Waals surface area contributed by atoms with Crippen LogP contribution in [0, 0.1) is 6.92 Å². The molecule has 0 saturated carbocycles. The number of pyridine rings is 1. The van der Waals surface area contributed by atoms with Gasteiger partial charge in [0.2, 0.25) is 0 Å². The second-order valence-electron chi connectivity index (χ2n) is 5.28. The van der Waals surface area contributed by atoms with Gasteiger partial charge in [-0.2, -0.15) is 10.2 Å². The summed E-state index contributed by atoms with van der Waals surface area (Å²) in [4.78, 5) is 4.48. The van der Waals surface area contributed by atoms with E-state index in [0.717, 1.165) is 34.5 Å². The number of aromatic nitrogens is 5. The fourth-order valence-electron chi connectivity index (χ4n) is 2.42. The SMILES string of the molecule is CCC(C)n1nc(C)c2nccc(NCc3ccn[nH]3)c21. The second-order valence-corrected chi connectivity index (χ2v) is 5.28. The Morgan fingerprint density at radius 1 is 1.33 bits per heavy atom. The monoisotopic (exact) mass is 284 g/mol. The Hall–Kier alpha value is -2.37. The third kappa shape index (κ3) is 2.49. The number of anilines is 1. The van der Waals surface area contributed by atoms with Gasteiger partial charge in [0.25, 0.3) is 0 Å². The van der Waals surface area contributed by atoms with Gasteiger partial charge in [-0.25, -0.2) is 0 Å². The van der Waals surface area contributed by atoms with Crippen LogP contribution in [0.15, 0.2) is 24.5 Å². The first-order valence-corrected chi connectivity index (χ1v) is 7.26. The summed E-state index contributed by atoms with van der Waals surface area (Å²) in [6, 6.07) is 4.31. The number of aromatic amines is 1. The molecule has 6 nitrogen and oxygen atoms in total. The minimum Gasteiger partial charge on any atom is -0.378 e. The number of fused-ring (bicyclic) bond motifs is 1. The highest BCUT2D eigenvalue weighted by atomic mass is 15.3. The quantitative estimate of drug-likeness (QED) is 0.755. The summed E-state index contributed by atoms with van der Waals surface area (Å²) in [5.74, 6) is 0. The first-order chi connectivity index (χ1) is 10.2. The van der Waals surface area contributed by atoms with E-state index in [0.29, 0.717) is 12.6 Å². The lowest BCUT2D eigenvalue weighted by Crippen LogP contribution is -2.08. The van der Waals surface area contributed by atoms with Crippen molar-refractivity contribution in [1.82, 2.24) is 25.0 Å². The van der Waals surface area contributed by atoms with Gasteiger partial charge < -0.3 is 5.32 Å². The van der Waals surface area contributed by atoms with Crippen LogP contribution in [0.3, 0.4) is 0 Å². The van der Waals surface area contributed by atoms with Crippen LogP contribution in [-0.4, -0.2) is 25.0 Å². The number of nitrogens with one attached hydrogen (secondary N) is 2. The van der Waals surface area contributed by atoms with Gasteiger partial charge >= 0.3 is 0 Å². The summed E-state index contributed by atoms with van der Waals surface area (Å²) >= 11 is 0. The maximum atomic E-state index is 4.66. The third-order valence-corrected chi connectivity index (χ3v) is 3.79. The molecule has 2 N–H and O–H groups in total. The van der Waals surface area contributed by atoms with E-state index in [9.17, 15) is 0 Å². The Labute approximate surface area is 123 Å². The average molecular weight is 284 g/mol. The highest BCUT2D eigenvalue weighted by Gasteiger charge is 2.15. The van der Waals surface area contributed by atoms with Crippen molar-refractivity contribution in [2.45, 2.75) is 39.8 Å². The molecule has 3 rings (SSSR count). The average Bonchev–Trinajstić information content (AvgIpc) is 3.13. The fourth-order valence-corrected chi connectivity index (χ4v) is 2.42. The predicted molar refractivity (Wildman–Crippen MR) is 83.2 cm³/mol.